The summed E-state index contributed by atoms with van der Waals surface area (Å²) in [5, 5.41) is 0. The summed E-state index contributed by atoms with van der Waals surface area (Å²) in [7, 11) is 0. The zero-order valence-electron chi connectivity index (χ0n) is 11.7. The first kappa shape index (κ1) is 14.8. The first-order valence-electron chi connectivity index (χ1n) is 6.69. The molecule has 0 fully saturated rings. The Morgan fingerprint density at radius 2 is 1.33 bits per heavy atom. The van der Waals surface area contributed by atoms with E-state index in [9.17, 15) is 9.59 Å². The Morgan fingerprint density at radius 3 is 1.86 bits per heavy atom. The van der Waals surface area contributed by atoms with E-state index in [0.29, 0.717) is 17.7 Å². The summed E-state index contributed by atoms with van der Waals surface area (Å²) in [6, 6.07) is 15.7. The summed E-state index contributed by atoms with van der Waals surface area (Å²) in [6.45, 7) is 2.28. The molecule has 108 valence electrons. The van der Waals surface area contributed by atoms with Crippen LogP contribution in [0.25, 0.3) is 0 Å². The minimum atomic E-state index is -0.422. The van der Waals surface area contributed by atoms with Gasteiger partial charge in [-0.15, -0.1) is 0 Å². The third-order valence-corrected chi connectivity index (χ3v) is 2.84. The highest BCUT2D eigenvalue weighted by molar-refractivity contribution is 5.93. The van der Waals surface area contributed by atoms with E-state index >= 15 is 0 Å². The van der Waals surface area contributed by atoms with E-state index in [1.807, 2.05) is 30.3 Å². The number of rotatable bonds is 5. The number of carbonyl (C=O) groups excluding carboxylic acids is 2. The lowest BCUT2D eigenvalue weighted by atomic mass is 10.1. The Morgan fingerprint density at radius 1 is 0.810 bits per heavy atom. The molecule has 0 unspecified atom stereocenters. The molecule has 0 atom stereocenters. The molecule has 0 N–H and O–H groups in total. The molecule has 0 aliphatic heterocycles. The van der Waals surface area contributed by atoms with Crippen LogP contribution in [0.3, 0.4) is 0 Å². The first-order chi connectivity index (χ1) is 10.2. The Kier molecular flexibility index (Phi) is 5.10. The van der Waals surface area contributed by atoms with E-state index in [1.165, 1.54) is 0 Å². The van der Waals surface area contributed by atoms with Crippen molar-refractivity contribution in [2.24, 2.45) is 0 Å². The Hall–Kier alpha value is -2.62. The highest BCUT2D eigenvalue weighted by Gasteiger charge is 2.10. The van der Waals surface area contributed by atoms with Gasteiger partial charge in [0.25, 0.3) is 0 Å². The van der Waals surface area contributed by atoms with E-state index < -0.39 is 11.9 Å². The maximum Gasteiger partial charge on any atom is 0.338 e. The summed E-state index contributed by atoms with van der Waals surface area (Å²) < 4.78 is 10.1. The van der Waals surface area contributed by atoms with E-state index in [4.69, 9.17) is 9.47 Å². The number of ether oxygens (including phenoxy) is 2. The third kappa shape index (κ3) is 4.18. The zero-order chi connectivity index (χ0) is 15.1. The SMILES string of the molecule is CCOC(=O)c1ccc(C(=O)OCc2ccccc2)cc1. The molecular weight excluding hydrogens is 268 g/mol. The minimum Gasteiger partial charge on any atom is -0.462 e. The van der Waals surface area contributed by atoms with Crippen molar-refractivity contribution in [1.29, 1.82) is 0 Å². The van der Waals surface area contributed by atoms with E-state index in [1.54, 1.807) is 31.2 Å². The molecule has 4 heteroatoms. The lowest BCUT2D eigenvalue weighted by Gasteiger charge is -2.06. The minimum absolute atomic E-state index is 0.222. The van der Waals surface area contributed by atoms with Gasteiger partial charge in [-0.05, 0) is 36.8 Å². The molecular formula is C17H16O4. The van der Waals surface area contributed by atoms with Gasteiger partial charge in [0.15, 0.2) is 0 Å². The molecule has 0 radical (unpaired) electrons. The fourth-order valence-electron chi connectivity index (χ4n) is 1.76. The monoisotopic (exact) mass is 284 g/mol. The van der Waals surface area contributed by atoms with Crippen LogP contribution in [0, 0.1) is 0 Å². The zero-order valence-corrected chi connectivity index (χ0v) is 11.7. The van der Waals surface area contributed by atoms with Crippen LogP contribution in [0.2, 0.25) is 0 Å². The van der Waals surface area contributed by atoms with Crippen molar-refractivity contribution in [2.45, 2.75) is 13.5 Å². The van der Waals surface area contributed by atoms with Crippen molar-refractivity contribution in [3.8, 4) is 0 Å². The second-order valence-electron chi connectivity index (χ2n) is 4.36. The number of esters is 2. The van der Waals surface area contributed by atoms with Crippen molar-refractivity contribution in [1.82, 2.24) is 0 Å². The van der Waals surface area contributed by atoms with Crippen molar-refractivity contribution in [3.63, 3.8) is 0 Å². The second-order valence-corrected chi connectivity index (χ2v) is 4.36. The molecule has 0 spiro atoms. The van der Waals surface area contributed by atoms with Crippen LogP contribution in [0.1, 0.15) is 33.2 Å². The van der Waals surface area contributed by atoms with Crippen molar-refractivity contribution in [2.75, 3.05) is 6.61 Å². The van der Waals surface area contributed by atoms with Gasteiger partial charge in [-0.3, -0.25) is 0 Å². The van der Waals surface area contributed by atoms with E-state index in [-0.39, 0.29) is 6.61 Å². The summed E-state index contributed by atoms with van der Waals surface area (Å²) in [6.07, 6.45) is 0. The quantitative estimate of drug-likeness (QED) is 0.791. The van der Waals surface area contributed by atoms with Gasteiger partial charge in [-0.25, -0.2) is 9.59 Å². The summed E-state index contributed by atoms with van der Waals surface area (Å²) in [5.74, 6) is -0.823. The van der Waals surface area contributed by atoms with Crippen molar-refractivity contribution < 1.29 is 19.1 Å². The van der Waals surface area contributed by atoms with Crippen LogP contribution >= 0.6 is 0 Å². The molecule has 0 saturated heterocycles. The fraction of sp³-hybridized carbons (Fsp3) is 0.176. The molecule has 0 aromatic heterocycles. The predicted octanol–water partition coefficient (Wildman–Crippen LogP) is 3.22. The van der Waals surface area contributed by atoms with Crippen molar-refractivity contribution in [3.05, 3.63) is 71.3 Å². The topological polar surface area (TPSA) is 52.6 Å². The summed E-state index contributed by atoms with van der Waals surface area (Å²) in [4.78, 5) is 23.4. The normalized spacial score (nSPS) is 9.95. The van der Waals surface area contributed by atoms with Gasteiger partial charge < -0.3 is 9.47 Å². The maximum absolute atomic E-state index is 11.9. The van der Waals surface area contributed by atoms with Gasteiger partial charge in [-0.2, -0.15) is 0 Å². The van der Waals surface area contributed by atoms with Crippen LogP contribution in [0.4, 0.5) is 0 Å². The standard InChI is InChI=1S/C17H16O4/c1-2-20-16(18)14-8-10-15(11-9-14)17(19)21-12-13-6-4-3-5-7-13/h3-11H,2,12H2,1H3. The molecule has 2 rings (SSSR count). The van der Waals surface area contributed by atoms with E-state index in [0.717, 1.165) is 5.56 Å². The molecule has 21 heavy (non-hydrogen) atoms. The van der Waals surface area contributed by atoms with Gasteiger partial charge in [0.1, 0.15) is 6.61 Å². The molecule has 0 saturated carbocycles. The Bertz CT molecular complexity index is 602. The maximum atomic E-state index is 11.9. The van der Waals surface area contributed by atoms with Crippen LogP contribution in [-0.2, 0) is 16.1 Å². The van der Waals surface area contributed by atoms with Gasteiger partial charge in [0.2, 0.25) is 0 Å². The van der Waals surface area contributed by atoms with Gasteiger partial charge in [0, 0.05) is 0 Å². The van der Waals surface area contributed by atoms with Gasteiger partial charge >= 0.3 is 11.9 Å². The lowest BCUT2D eigenvalue weighted by Crippen LogP contribution is -2.07. The summed E-state index contributed by atoms with van der Waals surface area (Å²) >= 11 is 0. The van der Waals surface area contributed by atoms with E-state index in [2.05, 4.69) is 0 Å². The average molecular weight is 284 g/mol. The first-order valence-corrected chi connectivity index (χ1v) is 6.69. The highest BCUT2D eigenvalue weighted by atomic mass is 16.5. The van der Waals surface area contributed by atoms with Gasteiger partial charge in [-0.1, -0.05) is 30.3 Å². The third-order valence-electron chi connectivity index (χ3n) is 2.84. The van der Waals surface area contributed by atoms with Crippen molar-refractivity contribution >= 4 is 11.9 Å². The predicted molar refractivity (Wildman–Crippen MR) is 78.0 cm³/mol. The second kappa shape index (κ2) is 7.24. The molecule has 0 heterocycles. The molecule has 4 nitrogen and oxygen atoms in total. The number of hydrogen-bond donors (Lipinski definition) is 0. The fourth-order valence-corrected chi connectivity index (χ4v) is 1.76. The summed E-state index contributed by atoms with van der Waals surface area (Å²) in [5.41, 5.74) is 1.74. The van der Waals surface area contributed by atoms with Crippen LogP contribution in [0.15, 0.2) is 54.6 Å². The number of carbonyl (C=O) groups is 2. The molecule has 0 bridgehead atoms. The smallest absolute Gasteiger partial charge is 0.338 e. The molecule has 0 amide bonds. The molecule has 2 aromatic rings. The molecule has 0 aliphatic carbocycles. The average Bonchev–Trinajstić information content (AvgIpc) is 2.54. The van der Waals surface area contributed by atoms with Crippen LogP contribution in [0.5, 0.6) is 0 Å². The molecule has 2 aromatic carbocycles. The number of hydrogen-bond acceptors (Lipinski definition) is 4. The Balaban J connectivity index is 1.95. The van der Waals surface area contributed by atoms with Crippen LogP contribution in [-0.4, -0.2) is 18.5 Å². The number of benzene rings is 2. The lowest BCUT2D eigenvalue weighted by molar-refractivity contribution is 0.0469. The Labute approximate surface area is 123 Å². The molecule has 0 aliphatic rings. The highest BCUT2D eigenvalue weighted by Crippen LogP contribution is 2.09. The van der Waals surface area contributed by atoms with Gasteiger partial charge in [0.05, 0.1) is 17.7 Å². The van der Waals surface area contributed by atoms with Crippen LogP contribution < -0.4 is 0 Å². The largest absolute Gasteiger partial charge is 0.462 e.